The zero-order chi connectivity index (χ0) is 12.7. The molecule has 1 aromatic rings. The first kappa shape index (κ1) is 13.6. The van der Waals surface area contributed by atoms with Gasteiger partial charge in [0.2, 0.25) is 0 Å². The van der Waals surface area contributed by atoms with Crippen LogP contribution < -0.4 is 10.6 Å². The molecule has 0 unspecified atom stereocenters. The molecule has 0 saturated heterocycles. The van der Waals surface area contributed by atoms with Crippen LogP contribution in [-0.4, -0.2) is 19.0 Å². The highest BCUT2D eigenvalue weighted by atomic mass is 35.5. The van der Waals surface area contributed by atoms with Gasteiger partial charge in [-0.3, -0.25) is 4.79 Å². The Labute approximate surface area is 107 Å². The van der Waals surface area contributed by atoms with E-state index in [2.05, 4.69) is 24.1 Å². The standard InChI is InChI=1S/C13H17ClN2O/c1-3-8-15-12-7-5-4-6-11(12)13(17)16-9-10(2)14/h4-7,15H,2-3,8-9H2,1H3,(H,16,17). The normalized spacial score (nSPS) is 9.76. The molecule has 1 amide bonds. The Morgan fingerprint density at radius 1 is 1.41 bits per heavy atom. The zero-order valence-electron chi connectivity index (χ0n) is 9.92. The number of hydrogen-bond acceptors (Lipinski definition) is 2. The van der Waals surface area contributed by atoms with Crippen LogP contribution in [0, 0.1) is 0 Å². The minimum absolute atomic E-state index is 0.147. The summed E-state index contributed by atoms with van der Waals surface area (Å²) < 4.78 is 0. The van der Waals surface area contributed by atoms with Crippen molar-refractivity contribution in [2.24, 2.45) is 0 Å². The van der Waals surface area contributed by atoms with Crippen molar-refractivity contribution in [2.45, 2.75) is 13.3 Å². The largest absolute Gasteiger partial charge is 0.384 e. The van der Waals surface area contributed by atoms with Gasteiger partial charge in [0.25, 0.3) is 5.91 Å². The lowest BCUT2D eigenvalue weighted by molar-refractivity contribution is 0.0958. The molecule has 17 heavy (non-hydrogen) atoms. The Hall–Kier alpha value is -1.48. The van der Waals surface area contributed by atoms with Gasteiger partial charge < -0.3 is 10.6 Å². The Bertz CT molecular complexity index is 404. The summed E-state index contributed by atoms with van der Waals surface area (Å²) >= 11 is 5.61. The average Bonchev–Trinajstić information content (AvgIpc) is 2.33. The van der Waals surface area contributed by atoms with Crippen molar-refractivity contribution < 1.29 is 4.79 Å². The fourth-order valence-electron chi connectivity index (χ4n) is 1.37. The first-order chi connectivity index (χ1) is 8.15. The smallest absolute Gasteiger partial charge is 0.253 e. The van der Waals surface area contributed by atoms with E-state index in [9.17, 15) is 4.79 Å². The summed E-state index contributed by atoms with van der Waals surface area (Å²) in [6, 6.07) is 7.40. The molecule has 0 bridgehead atoms. The van der Waals surface area contributed by atoms with Crippen molar-refractivity contribution in [1.82, 2.24) is 5.32 Å². The van der Waals surface area contributed by atoms with Gasteiger partial charge >= 0.3 is 0 Å². The molecule has 0 atom stereocenters. The lowest BCUT2D eigenvalue weighted by atomic mass is 10.1. The van der Waals surface area contributed by atoms with E-state index in [0.717, 1.165) is 18.7 Å². The third-order valence-corrected chi connectivity index (χ3v) is 2.31. The van der Waals surface area contributed by atoms with Crippen molar-refractivity contribution in [3.63, 3.8) is 0 Å². The number of carbonyl (C=O) groups is 1. The fourth-order valence-corrected chi connectivity index (χ4v) is 1.43. The molecular weight excluding hydrogens is 236 g/mol. The van der Waals surface area contributed by atoms with E-state index in [-0.39, 0.29) is 12.5 Å². The Balaban J connectivity index is 2.74. The number of anilines is 1. The first-order valence-electron chi connectivity index (χ1n) is 5.59. The second-order valence-corrected chi connectivity index (χ2v) is 4.21. The van der Waals surface area contributed by atoms with Crippen LogP contribution in [0.5, 0.6) is 0 Å². The van der Waals surface area contributed by atoms with Gasteiger partial charge in [0.15, 0.2) is 0 Å². The van der Waals surface area contributed by atoms with Crippen molar-refractivity contribution >= 4 is 23.2 Å². The van der Waals surface area contributed by atoms with Gasteiger partial charge in [-0.05, 0) is 18.6 Å². The summed E-state index contributed by atoms with van der Waals surface area (Å²) in [6.07, 6.45) is 1.01. The Kier molecular flexibility index (Phi) is 5.57. The van der Waals surface area contributed by atoms with Crippen molar-refractivity contribution in [3.05, 3.63) is 41.4 Å². The SMILES string of the molecule is C=C(Cl)CNC(=O)c1ccccc1NCCC. The molecule has 0 heterocycles. The molecule has 0 aliphatic rings. The summed E-state index contributed by atoms with van der Waals surface area (Å²) in [5, 5.41) is 6.33. The predicted octanol–water partition coefficient (Wildman–Crippen LogP) is 2.99. The molecule has 0 aromatic heterocycles. The van der Waals surface area contributed by atoms with Crippen LogP contribution in [0.25, 0.3) is 0 Å². The molecule has 0 radical (unpaired) electrons. The van der Waals surface area contributed by atoms with E-state index in [1.165, 1.54) is 0 Å². The van der Waals surface area contributed by atoms with Gasteiger partial charge in [0.05, 0.1) is 12.1 Å². The van der Waals surface area contributed by atoms with E-state index in [4.69, 9.17) is 11.6 Å². The number of amides is 1. The molecule has 4 heteroatoms. The molecule has 1 rings (SSSR count). The molecule has 92 valence electrons. The van der Waals surface area contributed by atoms with E-state index < -0.39 is 0 Å². The molecule has 0 saturated carbocycles. The van der Waals surface area contributed by atoms with Crippen LogP contribution in [0.2, 0.25) is 0 Å². The number of nitrogens with one attached hydrogen (secondary N) is 2. The van der Waals surface area contributed by atoms with Gasteiger partial charge in [0.1, 0.15) is 0 Å². The monoisotopic (exact) mass is 252 g/mol. The predicted molar refractivity (Wildman–Crippen MR) is 72.5 cm³/mol. The zero-order valence-corrected chi connectivity index (χ0v) is 10.7. The molecule has 0 spiro atoms. The van der Waals surface area contributed by atoms with Gasteiger partial charge in [-0.15, -0.1) is 0 Å². The fraction of sp³-hybridized carbons (Fsp3) is 0.308. The average molecular weight is 253 g/mol. The number of benzene rings is 1. The van der Waals surface area contributed by atoms with E-state index in [1.807, 2.05) is 18.2 Å². The third kappa shape index (κ3) is 4.49. The maximum Gasteiger partial charge on any atom is 0.253 e. The molecule has 3 nitrogen and oxygen atoms in total. The van der Waals surface area contributed by atoms with Gasteiger partial charge in [0, 0.05) is 17.3 Å². The minimum Gasteiger partial charge on any atom is -0.384 e. The van der Waals surface area contributed by atoms with Crippen molar-refractivity contribution in [1.29, 1.82) is 0 Å². The highest BCUT2D eigenvalue weighted by molar-refractivity contribution is 6.29. The summed E-state index contributed by atoms with van der Waals surface area (Å²) in [6.45, 7) is 6.72. The Morgan fingerprint density at radius 3 is 2.76 bits per heavy atom. The molecule has 2 N–H and O–H groups in total. The van der Waals surface area contributed by atoms with Crippen LogP contribution in [0.1, 0.15) is 23.7 Å². The number of rotatable bonds is 6. The highest BCUT2D eigenvalue weighted by Gasteiger charge is 2.09. The second kappa shape index (κ2) is 6.97. The third-order valence-electron chi connectivity index (χ3n) is 2.18. The van der Waals surface area contributed by atoms with Crippen LogP contribution in [0.4, 0.5) is 5.69 Å². The second-order valence-electron chi connectivity index (χ2n) is 3.67. The topological polar surface area (TPSA) is 41.1 Å². The molecule has 0 fully saturated rings. The van der Waals surface area contributed by atoms with Gasteiger partial charge in [-0.25, -0.2) is 0 Å². The van der Waals surface area contributed by atoms with Crippen LogP contribution in [-0.2, 0) is 0 Å². The lowest BCUT2D eigenvalue weighted by Crippen LogP contribution is -2.25. The van der Waals surface area contributed by atoms with E-state index in [0.29, 0.717) is 10.6 Å². The summed E-state index contributed by atoms with van der Waals surface area (Å²) in [5.74, 6) is -0.147. The highest BCUT2D eigenvalue weighted by Crippen LogP contribution is 2.14. The molecular formula is C13H17ClN2O. The maximum absolute atomic E-state index is 11.9. The number of para-hydroxylation sites is 1. The van der Waals surface area contributed by atoms with Gasteiger partial charge in [-0.1, -0.05) is 37.2 Å². The van der Waals surface area contributed by atoms with E-state index in [1.54, 1.807) is 6.07 Å². The van der Waals surface area contributed by atoms with Crippen molar-refractivity contribution in [2.75, 3.05) is 18.4 Å². The minimum atomic E-state index is -0.147. The molecule has 1 aromatic carbocycles. The summed E-state index contributed by atoms with van der Waals surface area (Å²) in [4.78, 5) is 11.9. The summed E-state index contributed by atoms with van der Waals surface area (Å²) in [5.41, 5.74) is 1.46. The van der Waals surface area contributed by atoms with E-state index >= 15 is 0 Å². The van der Waals surface area contributed by atoms with Crippen LogP contribution in [0.3, 0.4) is 0 Å². The maximum atomic E-state index is 11.9. The quantitative estimate of drug-likeness (QED) is 0.817. The molecule has 0 aliphatic heterocycles. The number of hydrogen-bond donors (Lipinski definition) is 2. The first-order valence-corrected chi connectivity index (χ1v) is 5.97. The van der Waals surface area contributed by atoms with Crippen LogP contribution >= 0.6 is 11.6 Å². The van der Waals surface area contributed by atoms with Crippen molar-refractivity contribution in [3.8, 4) is 0 Å². The Morgan fingerprint density at radius 2 is 2.12 bits per heavy atom. The molecule has 0 aliphatic carbocycles. The number of carbonyl (C=O) groups excluding carboxylic acids is 1. The summed E-state index contributed by atoms with van der Waals surface area (Å²) in [7, 11) is 0. The lowest BCUT2D eigenvalue weighted by Gasteiger charge is -2.11. The van der Waals surface area contributed by atoms with Gasteiger partial charge in [-0.2, -0.15) is 0 Å². The van der Waals surface area contributed by atoms with Crippen LogP contribution in [0.15, 0.2) is 35.9 Å². The number of halogens is 1.